The Morgan fingerprint density at radius 1 is 1.18 bits per heavy atom. The summed E-state index contributed by atoms with van der Waals surface area (Å²) < 4.78 is 1.88. The highest BCUT2D eigenvalue weighted by atomic mass is 15.3. The lowest BCUT2D eigenvalue weighted by molar-refractivity contribution is 0.221. The van der Waals surface area contributed by atoms with Gasteiger partial charge in [-0.2, -0.15) is 9.61 Å². The fourth-order valence-electron chi connectivity index (χ4n) is 4.43. The second-order valence-electron chi connectivity index (χ2n) is 8.96. The summed E-state index contributed by atoms with van der Waals surface area (Å²) in [6, 6.07) is 11.3. The Morgan fingerprint density at radius 3 is 2.64 bits per heavy atom. The number of aromatic nitrogens is 3. The number of aryl methyl sites for hydroxylation is 1. The molecule has 4 rings (SSSR count). The van der Waals surface area contributed by atoms with E-state index in [9.17, 15) is 0 Å². The highest BCUT2D eigenvalue weighted by Gasteiger charge is 2.23. The number of anilines is 4. The molecule has 0 radical (unpaired) electrons. The van der Waals surface area contributed by atoms with Crippen molar-refractivity contribution in [2.45, 2.75) is 51.1 Å². The van der Waals surface area contributed by atoms with Crippen LogP contribution in [-0.4, -0.2) is 45.7 Å². The van der Waals surface area contributed by atoms with E-state index >= 15 is 0 Å². The van der Waals surface area contributed by atoms with Crippen LogP contribution in [0.15, 0.2) is 61.5 Å². The Kier molecular flexibility index (Phi) is 6.99. The maximum Gasteiger partial charge on any atom is 0.162 e. The topological polar surface area (TPSA) is 69.5 Å². The average molecular weight is 446 g/mol. The van der Waals surface area contributed by atoms with Crippen LogP contribution in [0.5, 0.6) is 0 Å². The number of fused-ring (bicyclic) bond motifs is 1. The lowest BCUT2D eigenvalue weighted by Gasteiger charge is -2.33. The van der Waals surface area contributed by atoms with Gasteiger partial charge in [0.1, 0.15) is 11.6 Å². The molecule has 1 aromatic carbocycles. The molecule has 0 bridgehead atoms. The summed E-state index contributed by atoms with van der Waals surface area (Å²) in [6.45, 7) is 9.82. The maximum atomic E-state index is 4.93. The Labute approximate surface area is 196 Å². The zero-order chi connectivity index (χ0) is 23.4. The highest BCUT2D eigenvalue weighted by Crippen LogP contribution is 2.28. The molecule has 3 N–H and O–H groups in total. The van der Waals surface area contributed by atoms with Gasteiger partial charge < -0.3 is 20.9 Å². The predicted molar refractivity (Wildman–Crippen MR) is 138 cm³/mol. The van der Waals surface area contributed by atoms with E-state index in [0.29, 0.717) is 12.1 Å². The van der Waals surface area contributed by atoms with Crippen LogP contribution in [0.2, 0.25) is 0 Å². The van der Waals surface area contributed by atoms with Crippen molar-refractivity contribution in [1.82, 2.24) is 19.5 Å². The number of nitrogens with one attached hydrogen (secondary N) is 3. The minimum Gasteiger partial charge on any atom is -0.367 e. The molecule has 0 aliphatic heterocycles. The second kappa shape index (κ2) is 10.1. The molecule has 1 fully saturated rings. The summed E-state index contributed by atoms with van der Waals surface area (Å²) in [5, 5.41) is 15.1. The molecule has 0 spiro atoms. The van der Waals surface area contributed by atoms with Gasteiger partial charge >= 0.3 is 0 Å². The van der Waals surface area contributed by atoms with Gasteiger partial charge in [-0.25, -0.2) is 4.98 Å². The van der Waals surface area contributed by atoms with Crippen molar-refractivity contribution in [3.8, 4) is 0 Å². The monoisotopic (exact) mass is 445 g/mol. The molecule has 7 heteroatoms. The van der Waals surface area contributed by atoms with Gasteiger partial charge in [0.2, 0.25) is 0 Å². The summed E-state index contributed by atoms with van der Waals surface area (Å²) in [5.74, 6) is 1.77. The quantitative estimate of drug-likeness (QED) is 0.382. The van der Waals surface area contributed by atoms with Crippen LogP contribution in [0.25, 0.3) is 5.65 Å². The van der Waals surface area contributed by atoms with E-state index in [1.54, 1.807) is 6.08 Å². The number of rotatable bonds is 9. The first-order valence-corrected chi connectivity index (χ1v) is 11.7. The van der Waals surface area contributed by atoms with Gasteiger partial charge in [0, 0.05) is 40.8 Å². The van der Waals surface area contributed by atoms with Gasteiger partial charge in [0.15, 0.2) is 5.65 Å². The first-order chi connectivity index (χ1) is 16.0. The zero-order valence-electron chi connectivity index (χ0n) is 19.9. The van der Waals surface area contributed by atoms with Crippen molar-refractivity contribution >= 4 is 28.7 Å². The van der Waals surface area contributed by atoms with Crippen LogP contribution in [0.3, 0.4) is 0 Å². The van der Waals surface area contributed by atoms with E-state index in [0.717, 1.165) is 59.2 Å². The van der Waals surface area contributed by atoms with Crippen LogP contribution in [-0.2, 0) is 6.42 Å². The summed E-state index contributed by atoms with van der Waals surface area (Å²) >= 11 is 0. The van der Waals surface area contributed by atoms with Crippen molar-refractivity contribution in [2.24, 2.45) is 0 Å². The summed E-state index contributed by atoms with van der Waals surface area (Å²) in [4.78, 5) is 7.27. The van der Waals surface area contributed by atoms with Gasteiger partial charge in [0.25, 0.3) is 0 Å². The minimum atomic E-state index is 0.439. The standard InChI is InChI=1S/C26H35N7/c1-6-18(3)28-21-9-8-10-22(15-21)30-25-16-24(31-26-19(7-2)17-27-33(25)26)29-20-11-13-23(14-12-20)32(4)5/h6,8-10,15-17,20,23,28,30H,1,3,7,11-14H2,2,4-5H3,(H,29,31)/t20-,23-. The Morgan fingerprint density at radius 2 is 1.94 bits per heavy atom. The third-order valence-corrected chi connectivity index (χ3v) is 6.39. The average Bonchev–Trinajstić information content (AvgIpc) is 3.23. The van der Waals surface area contributed by atoms with Gasteiger partial charge in [-0.1, -0.05) is 26.1 Å². The fraction of sp³-hybridized carbons (Fsp3) is 0.385. The second-order valence-corrected chi connectivity index (χ2v) is 8.96. The molecule has 33 heavy (non-hydrogen) atoms. The Bertz CT molecular complexity index is 1120. The Hall–Kier alpha value is -3.32. The predicted octanol–water partition coefficient (Wildman–Crippen LogP) is 5.43. The number of benzene rings is 1. The molecule has 0 atom stereocenters. The normalized spacial score (nSPS) is 18.3. The van der Waals surface area contributed by atoms with E-state index in [4.69, 9.17) is 4.98 Å². The molecule has 2 aromatic heterocycles. The highest BCUT2D eigenvalue weighted by molar-refractivity contribution is 5.68. The van der Waals surface area contributed by atoms with E-state index < -0.39 is 0 Å². The third kappa shape index (κ3) is 5.37. The maximum absolute atomic E-state index is 4.93. The lowest BCUT2D eigenvalue weighted by Crippen LogP contribution is -2.36. The smallest absolute Gasteiger partial charge is 0.162 e. The van der Waals surface area contributed by atoms with Crippen molar-refractivity contribution in [3.63, 3.8) is 0 Å². The third-order valence-electron chi connectivity index (χ3n) is 6.39. The molecule has 3 aromatic rings. The largest absolute Gasteiger partial charge is 0.367 e. The SMILES string of the molecule is C=CC(=C)Nc1cccc(Nc2cc(N[C@H]3CC[C@H](N(C)C)CC3)nc3c(CC)cnn23)c1. The van der Waals surface area contributed by atoms with Crippen LogP contribution < -0.4 is 16.0 Å². The first kappa shape index (κ1) is 22.9. The molecule has 0 saturated heterocycles. The Balaban J connectivity index is 1.59. The first-order valence-electron chi connectivity index (χ1n) is 11.7. The molecule has 1 saturated carbocycles. The van der Waals surface area contributed by atoms with Crippen LogP contribution in [0.1, 0.15) is 38.2 Å². The molecular formula is C26H35N7. The van der Waals surface area contributed by atoms with Crippen LogP contribution in [0.4, 0.5) is 23.0 Å². The molecule has 1 aliphatic carbocycles. The van der Waals surface area contributed by atoms with Crippen LogP contribution in [0, 0.1) is 0 Å². The van der Waals surface area contributed by atoms with Crippen molar-refractivity contribution in [1.29, 1.82) is 0 Å². The molecule has 0 unspecified atom stereocenters. The molecular weight excluding hydrogens is 410 g/mol. The summed E-state index contributed by atoms with van der Waals surface area (Å²) in [6.07, 6.45) is 9.22. The van der Waals surface area contributed by atoms with E-state index in [-0.39, 0.29) is 0 Å². The molecule has 174 valence electrons. The van der Waals surface area contributed by atoms with Crippen LogP contribution >= 0.6 is 0 Å². The van der Waals surface area contributed by atoms with Crippen molar-refractivity contribution < 1.29 is 0 Å². The molecule has 2 heterocycles. The number of allylic oxidation sites excluding steroid dienone is 1. The number of hydrogen-bond acceptors (Lipinski definition) is 6. The minimum absolute atomic E-state index is 0.439. The number of nitrogens with zero attached hydrogens (tertiary/aromatic N) is 4. The van der Waals surface area contributed by atoms with Gasteiger partial charge in [-0.3, -0.25) is 0 Å². The number of hydrogen-bond donors (Lipinski definition) is 3. The van der Waals surface area contributed by atoms with Crippen molar-refractivity contribution in [3.05, 3.63) is 67.0 Å². The molecule has 1 aliphatic rings. The zero-order valence-corrected chi connectivity index (χ0v) is 19.9. The van der Waals surface area contributed by atoms with Gasteiger partial charge in [-0.15, -0.1) is 0 Å². The summed E-state index contributed by atoms with van der Waals surface area (Å²) in [7, 11) is 4.35. The lowest BCUT2D eigenvalue weighted by atomic mass is 9.90. The molecule has 0 amide bonds. The fourth-order valence-corrected chi connectivity index (χ4v) is 4.43. The van der Waals surface area contributed by atoms with Crippen molar-refractivity contribution in [2.75, 3.05) is 30.0 Å². The van der Waals surface area contributed by atoms with E-state index in [1.807, 2.05) is 35.0 Å². The van der Waals surface area contributed by atoms with E-state index in [2.05, 4.69) is 66.2 Å². The summed E-state index contributed by atoms with van der Waals surface area (Å²) in [5.41, 5.74) is 4.68. The molecule has 7 nitrogen and oxygen atoms in total. The van der Waals surface area contributed by atoms with Gasteiger partial charge in [0.05, 0.1) is 6.20 Å². The van der Waals surface area contributed by atoms with Gasteiger partial charge in [-0.05, 0) is 70.5 Å². The van der Waals surface area contributed by atoms with E-state index in [1.165, 1.54) is 12.8 Å².